The van der Waals surface area contributed by atoms with Crippen LogP contribution in [0, 0.1) is 0 Å². The summed E-state index contributed by atoms with van der Waals surface area (Å²) >= 11 is 0. The highest BCUT2D eigenvalue weighted by Gasteiger charge is 2.16. The monoisotopic (exact) mass is 302 g/mol. The van der Waals surface area contributed by atoms with Gasteiger partial charge in [-0.25, -0.2) is 4.98 Å². The van der Waals surface area contributed by atoms with E-state index in [1.54, 1.807) is 0 Å². The maximum absolute atomic E-state index is 8.87. The first-order valence-corrected chi connectivity index (χ1v) is 7.84. The van der Waals surface area contributed by atoms with E-state index in [4.69, 9.17) is 9.84 Å². The lowest BCUT2D eigenvalue weighted by molar-refractivity contribution is 0.120. The van der Waals surface area contributed by atoms with E-state index in [-0.39, 0.29) is 12.7 Å². The van der Waals surface area contributed by atoms with E-state index >= 15 is 0 Å². The standard InChI is InChI=1S/C16H22N4O2/c21-9-4-8-17-16-19-14-7-2-1-6-13(14)15(20-16)18-11-12-5-3-10-22-12/h1-2,6-7,12,21H,3-5,8-11H2,(H2,17,18,19,20). The molecular weight excluding hydrogens is 280 g/mol. The number of hydrogen-bond donors (Lipinski definition) is 3. The molecule has 0 bridgehead atoms. The van der Waals surface area contributed by atoms with Gasteiger partial charge in [-0.3, -0.25) is 0 Å². The number of anilines is 2. The number of fused-ring (bicyclic) bond motifs is 1. The summed E-state index contributed by atoms with van der Waals surface area (Å²) in [5, 5.41) is 16.4. The third-order valence-electron chi connectivity index (χ3n) is 3.74. The zero-order valence-corrected chi connectivity index (χ0v) is 12.6. The van der Waals surface area contributed by atoms with Crippen molar-refractivity contribution >= 4 is 22.7 Å². The summed E-state index contributed by atoms with van der Waals surface area (Å²) in [4.78, 5) is 9.08. The van der Waals surface area contributed by atoms with Gasteiger partial charge < -0.3 is 20.5 Å². The molecule has 3 N–H and O–H groups in total. The number of hydrogen-bond acceptors (Lipinski definition) is 6. The molecule has 0 spiro atoms. The Kier molecular flexibility index (Phi) is 5.03. The minimum Gasteiger partial charge on any atom is -0.396 e. The topological polar surface area (TPSA) is 79.3 Å². The van der Waals surface area contributed by atoms with Crippen LogP contribution in [-0.4, -0.2) is 47.5 Å². The van der Waals surface area contributed by atoms with Crippen molar-refractivity contribution in [3.63, 3.8) is 0 Å². The van der Waals surface area contributed by atoms with Gasteiger partial charge in [-0.2, -0.15) is 4.98 Å². The fraction of sp³-hybridized carbons (Fsp3) is 0.500. The summed E-state index contributed by atoms with van der Waals surface area (Å²) in [6.45, 7) is 2.42. The van der Waals surface area contributed by atoms with E-state index < -0.39 is 0 Å². The van der Waals surface area contributed by atoms with Crippen molar-refractivity contribution < 1.29 is 9.84 Å². The van der Waals surface area contributed by atoms with Gasteiger partial charge in [-0.1, -0.05) is 12.1 Å². The maximum Gasteiger partial charge on any atom is 0.225 e. The van der Waals surface area contributed by atoms with Crippen molar-refractivity contribution in [3.8, 4) is 0 Å². The van der Waals surface area contributed by atoms with Gasteiger partial charge in [0.05, 0.1) is 11.6 Å². The number of benzene rings is 1. The average Bonchev–Trinajstić information content (AvgIpc) is 3.06. The number of aromatic nitrogens is 2. The average molecular weight is 302 g/mol. The molecule has 22 heavy (non-hydrogen) atoms. The number of nitrogens with zero attached hydrogens (tertiary/aromatic N) is 2. The van der Waals surface area contributed by atoms with Gasteiger partial charge in [0.15, 0.2) is 0 Å². The largest absolute Gasteiger partial charge is 0.396 e. The van der Waals surface area contributed by atoms with Crippen LogP contribution in [0.15, 0.2) is 24.3 Å². The Morgan fingerprint density at radius 3 is 2.95 bits per heavy atom. The molecule has 1 saturated heterocycles. The van der Waals surface area contributed by atoms with Gasteiger partial charge in [0.25, 0.3) is 0 Å². The van der Waals surface area contributed by atoms with Gasteiger partial charge in [0.2, 0.25) is 5.95 Å². The molecule has 118 valence electrons. The van der Waals surface area contributed by atoms with Crippen LogP contribution in [0.3, 0.4) is 0 Å². The van der Waals surface area contributed by atoms with Crippen molar-refractivity contribution in [2.24, 2.45) is 0 Å². The molecule has 0 saturated carbocycles. The second-order valence-electron chi connectivity index (χ2n) is 5.43. The minimum absolute atomic E-state index is 0.157. The molecule has 1 aliphatic heterocycles. The number of aliphatic hydroxyl groups is 1. The molecule has 1 aliphatic rings. The third-order valence-corrected chi connectivity index (χ3v) is 3.74. The molecule has 3 rings (SSSR count). The molecule has 2 heterocycles. The van der Waals surface area contributed by atoms with Crippen LogP contribution >= 0.6 is 0 Å². The molecule has 1 fully saturated rings. The van der Waals surface area contributed by atoms with Gasteiger partial charge in [-0.15, -0.1) is 0 Å². The maximum atomic E-state index is 8.87. The third kappa shape index (κ3) is 3.64. The van der Waals surface area contributed by atoms with Crippen molar-refractivity contribution in [2.45, 2.75) is 25.4 Å². The molecule has 6 nitrogen and oxygen atoms in total. The van der Waals surface area contributed by atoms with Crippen LogP contribution in [0.5, 0.6) is 0 Å². The molecule has 1 atom stereocenters. The van der Waals surface area contributed by atoms with Crippen LogP contribution in [0.2, 0.25) is 0 Å². The molecule has 0 amide bonds. The summed E-state index contributed by atoms with van der Waals surface area (Å²) in [5.41, 5.74) is 0.902. The quantitative estimate of drug-likeness (QED) is 0.679. The normalized spacial score (nSPS) is 17.8. The fourth-order valence-electron chi connectivity index (χ4n) is 2.59. The first-order valence-electron chi connectivity index (χ1n) is 7.84. The number of rotatable bonds is 7. The first-order chi connectivity index (χ1) is 10.9. The van der Waals surface area contributed by atoms with E-state index in [1.165, 1.54) is 0 Å². The van der Waals surface area contributed by atoms with Crippen molar-refractivity contribution in [2.75, 3.05) is 36.9 Å². The molecule has 1 unspecified atom stereocenters. The Hall–Kier alpha value is -1.92. The molecule has 6 heteroatoms. The van der Waals surface area contributed by atoms with Crippen LogP contribution in [0.1, 0.15) is 19.3 Å². The van der Waals surface area contributed by atoms with Gasteiger partial charge in [0, 0.05) is 31.7 Å². The molecule has 2 aromatic rings. The zero-order valence-electron chi connectivity index (χ0n) is 12.6. The second kappa shape index (κ2) is 7.38. The number of ether oxygens (including phenoxy) is 1. The van der Waals surface area contributed by atoms with Crippen LogP contribution in [-0.2, 0) is 4.74 Å². The highest BCUT2D eigenvalue weighted by atomic mass is 16.5. The number of para-hydroxylation sites is 1. The molecule has 0 aliphatic carbocycles. The summed E-state index contributed by atoms with van der Waals surface area (Å²) in [7, 11) is 0. The lowest BCUT2D eigenvalue weighted by atomic mass is 10.2. The number of nitrogens with one attached hydrogen (secondary N) is 2. The van der Waals surface area contributed by atoms with Crippen molar-refractivity contribution in [1.82, 2.24) is 9.97 Å². The lowest BCUT2D eigenvalue weighted by Gasteiger charge is -2.14. The smallest absolute Gasteiger partial charge is 0.225 e. The van der Waals surface area contributed by atoms with E-state index in [1.807, 2.05) is 24.3 Å². The Bertz CT molecular complexity index is 614. The Morgan fingerprint density at radius 2 is 2.14 bits per heavy atom. The Balaban J connectivity index is 1.78. The Morgan fingerprint density at radius 1 is 1.23 bits per heavy atom. The van der Waals surface area contributed by atoms with Crippen molar-refractivity contribution in [3.05, 3.63) is 24.3 Å². The van der Waals surface area contributed by atoms with E-state index in [2.05, 4.69) is 20.6 Å². The van der Waals surface area contributed by atoms with E-state index in [0.717, 1.165) is 42.7 Å². The highest BCUT2D eigenvalue weighted by molar-refractivity contribution is 5.90. The SMILES string of the molecule is OCCCNc1nc(NCC2CCCO2)c2ccccc2n1. The molecule has 0 radical (unpaired) electrons. The van der Waals surface area contributed by atoms with Crippen LogP contribution < -0.4 is 10.6 Å². The van der Waals surface area contributed by atoms with Crippen LogP contribution in [0.4, 0.5) is 11.8 Å². The fourth-order valence-corrected chi connectivity index (χ4v) is 2.59. The Labute approximate surface area is 129 Å². The zero-order chi connectivity index (χ0) is 15.2. The summed E-state index contributed by atoms with van der Waals surface area (Å²) in [6.07, 6.45) is 3.16. The summed E-state index contributed by atoms with van der Waals surface area (Å²) in [5.74, 6) is 1.41. The molecule has 1 aromatic heterocycles. The molecular formula is C16H22N4O2. The van der Waals surface area contributed by atoms with E-state index in [9.17, 15) is 0 Å². The lowest BCUT2D eigenvalue weighted by Crippen LogP contribution is -2.19. The van der Waals surface area contributed by atoms with Crippen molar-refractivity contribution in [1.29, 1.82) is 0 Å². The predicted octanol–water partition coefficient (Wildman–Crippen LogP) is 2.01. The summed E-state index contributed by atoms with van der Waals surface area (Å²) in [6, 6.07) is 7.95. The van der Waals surface area contributed by atoms with E-state index in [0.29, 0.717) is 18.9 Å². The van der Waals surface area contributed by atoms with Gasteiger partial charge in [0.1, 0.15) is 5.82 Å². The van der Waals surface area contributed by atoms with Gasteiger partial charge in [-0.05, 0) is 31.4 Å². The minimum atomic E-state index is 0.157. The van der Waals surface area contributed by atoms with Crippen LogP contribution in [0.25, 0.3) is 10.9 Å². The first kappa shape index (κ1) is 15.0. The second-order valence-corrected chi connectivity index (χ2v) is 5.43. The molecule has 1 aromatic carbocycles. The number of aliphatic hydroxyl groups excluding tert-OH is 1. The van der Waals surface area contributed by atoms with Gasteiger partial charge >= 0.3 is 0 Å². The highest BCUT2D eigenvalue weighted by Crippen LogP contribution is 2.22. The predicted molar refractivity (Wildman–Crippen MR) is 87.2 cm³/mol. The summed E-state index contributed by atoms with van der Waals surface area (Å²) < 4.78 is 5.65.